The molecular formula is C14H13NOS2. The second-order valence-corrected chi connectivity index (χ2v) is 6.95. The Bertz CT molecular complexity index is 616. The highest BCUT2D eigenvalue weighted by atomic mass is 32.2. The summed E-state index contributed by atoms with van der Waals surface area (Å²) in [5, 5.41) is 2.98. The number of carbonyl (C=O) groups excluding carboxylic acids is 1. The molecule has 1 aromatic heterocycles. The van der Waals surface area contributed by atoms with Crippen LogP contribution in [0.3, 0.4) is 0 Å². The fourth-order valence-electron chi connectivity index (χ4n) is 1.86. The van der Waals surface area contributed by atoms with Crippen LogP contribution < -0.4 is 5.32 Å². The minimum Gasteiger partial charge on any atom is -0.321 e. The molecule has 92 valence electrons. The molecule has 2 aromatic rings. The third kappa shape index (κ3) is 1.95. The summed E-state index contributed by atoms with van der Waals surface area (Å²) in [6.45, 7) is 4.31. The lowest BCUT2D eigenvalue weighted by Gasteiger charge is -2.05. The minimum atomic E-state index is 0.00519. The Morgan fingerprint density at radius 2 is 2.00 bits per heavy atom. The van der Waals surface area contributed by atoms with Crippen molar-refractivity contribution < 1.29 is 4.79 Å². The average molecular weight is 275 g/mol. The predicted molar refractivity (Wildman–Crippen MR) is 76.9 cm³/mol. The third-order valence-electron chi connectivity index (χ3n) is 2.87. The molecule has 1 aliphatic rings. The Hall–Kier alpha value is -1.26. The van der Waals surface area contributed by atoms with Gasteiger partial charge in [0.1, 0.15) is 0 Å². The highest BCUT2D eigenvalue weighted by Crippen LogP contribution is 2.44. The van der Waals surface area contributed by atoms with Crippen LogP contribution in [0.1, 0.15) is 35.0 Å². The Balaban J connectivity index is 2.10. The van der Waals surface area contributed by atoms with Crippen LogP contribution in [-0.2, 0) is 0 Å². The van der Waals surface area contributed by atoms with E-state index in [1.807, 2.05) is 30.3 Å². The molecule has 3 rings (SSSR count). The standard InChI is InChI=1S/C14H13NOS2/c1-8(2)12-7-9-13(16)15-10-5-3-4-6-11(10)17-14(9)18-12/h3-8H,1-2H3,(H,15,16). The van der Waals surface area contributed by atoms with Gasteiger partial charge in [0.2, 0.25) is 0 Å². The molecule has 1 amide bonds. The third-order valence-corrected chi connectivity index (χ3v) is 5.58. The zero-order valence-electron chi connectivity index (χ0n) is 10.2. The highest BCUT2D eigenvalue weighted by Gasteiger charge is 2.23. The molecule has 0 unspecified atom stereocenters. The van der Waals surface area contributed by atoms with Crippen molar-refractivity contribution >= 4 is 34.7 Å². The molecule has 0 atom stereocenters. The second kappa shape index (κ2) is 4.44. The van der Waals surface area contributed by atoms with E-state index in [4.69, 9.17) is 0 Å². The molecule has 1 N–H and O–H groups in total. The average Bonchev–Trinajstić information content (AvgIpc) is 2.71. The summed E-state index contributed by atoms with van der Waals surface area (Å²) in [4.78, 5) is 14.6. The number of amides is 1. The molecule has 0 fully saturated rings. The van der Waals surface area contributed by atoms with Gasteiger partial charge in [0.25, 0.3) is 5.91 Å². The number of benzene rings is 1. The number of fused-ring (bicyclic) bond motifs is 2. The number of thiophene rings is 1. The molecule has 0 saturated carbocycles. The first-order chi connectivity index (χ1) is 8.65. The number of hydrogen-bond donors (Lipinski definition) is 1. The van der Waals surface area contributed by atoms with E-state index < -0.39 is 0 Å². The van der Waals surface area contributed by atoms with E-state index in [-0.39, 0.29) is 5.91 Å². The monoisotopic (exact) mass is 275 g/mol. The lowest BCUT2D eigenvalue weighted by molar-refractivity contribution is 0.102. The number of anilines is 1. The maximum absolute atomic E-state index is 12.2. The molecular weight excluding hydrogens is 262 g/mol. The number of hydrogen-bond acceptors (Lipinski definition) is 3. The quantitative estimate of drug-likeness (QED) is 0.824. The van der Waals surface area contributed by atoms with Gasteiger partial charge in [0.15, 0.2) is 0 Å². The van der Waals surface area contributed by atoms with Crippen molar-refractivity contribution in [1.29, 1.82) is 0 Å². The Kier molecular flexibility index (Phi) is 2.92. The zero-order chi connectivity index (χ0) is 12.7. The largest absolute Gasteiger partial charge is 0.321 e. The number of nitrogens with one attached hydrogen (secondary N) is 1. The summed E-state index contributed by atoms with van der Waals surface area (Å²) in [6.07, 6.45) is 0. The van der Waals surface area contributed by atoms with Gasteiger partial charge < -0.3 is 5.32 Å². The molecule has 0 bridgehead atoms. The van der Waals surface area contributed by atoms with Gasteiger partial charge in [-0.3, -0.25) is 4.79 Å². The molecule has 0 spiro atoms. The smallest absolute Gasteiger partial charge is 0.257 e. The topological polar surface area (TPSA) is 29.1 Å². The first-order valence-electron chi connectivity index (χ1n) is 5.87. The summed E-state index contributed by atoms with van der Waals surface area (Å²) in [6, 6.07) is 9.96. The lowest BCUT2D eigenvalue weighted by atomic mass is 10.1. The molecule has 4 heteroatoms. The van der Waals surface area contributed by atoms with E-state index in [0.717, 1.165) is 20.4 Å². The first kappa shape index (κ1) is 11.8. The van der Waals surface area contributed by atoms with Crippen molar-refractivity contribution in [2.45, 2.75) is 28.9 Å². The van der Waals surface area contributed by atoms with Gasteiger partial charge in [-0.05, 0) is 24.1 Å². The summed E-state index contributed by atoms with van der Waals surface area (Å²) in [7, 11) is 0. The summed E-state index contributed by atoms with van der Waals surface area (Å²) in [5.74, 6) is 0.469. The molecule has 1 aromatic carbocycles. The van der Waals surface area contributed by atoms with E-state index in [1.165, 1.54) is 4.88 Å². The highest BCUT2D eigenvalue weighted by molar-refractivity contribution is 8.01. The SMILES string of the molecule is CC(C)c1cc2c(s1)Sc1ccccc1NC2=O. The molecule has 0 saturated heterocycles. The van der Waals surface area contributed by atoms with E-state index >= 15 is 0 Å². The van der Waals surface area contributed by atoms with Crippen molar-refractivity contribution in [3.8, 4) is 0 Å². The van der Waals surface area contributed by atoms with Crippen LogP contribution in [0.5, 0.6) is 0 Å². The molecule has 18 heavy (non-hydrogen) atoms. The number of carbonyl (C=O) groups is 1. The normalized spacial score (nSPS) is 13.8. The predicted octanol–water partition coefficient (Wildman–Crippen LogP) is 4.59. The van der Waals surface area contributed by atoms with E-state index in [0.29, 0.717) is 5.92 Å². The van der Waals surface area contributed by atoms with Crippen LogP contribution >= 0.6 is 23.1 Å². The van der Waals surface area contributed by atoms with E-state index in [2.05, 4.69) is 19.2 Å². The maximum atomic E-state index is 12.2. The second-order valence-electron chi connectivity index (χ2n) is 4.56. The van der Waals surface area contributed by atoms with Crippen LogP contribution in [0.4, 0.5) is 5.69 Å². The number of rotatable bonds is 1. The summed E-state index contributed by atoms with van der Waals surface area (Å²) >= 11 is 3.41. The van der Waals surface area contributed by atoms with E-state index in [9.17, 15) is 4.79 Å². The van der Waals surface area contributed by atoms with Gasteiger partial charge in [-0.25, -0.2) is 0 Å². The first-order valence-corrected chi connectivity index (χ1v) is 7.50. The van der Waals surface area contributed by atoms with Gasteiger partial charge in [0, 0.05) is 9.77 Å². The van der Waals surface area contributed by atoms with Gasteiger partial charge in [-0.15, -0.1) is 11.3 Å². The fraction of sp³-hybridized carbons (Fsp3) is 0.214. The van der Waals surface area contributed by atoms with Crippen LogP contribution in [0.15, 0.2) is 39.4 Å². The molecule has 0 aliphatic carbocycles. The lowest BCUT2D eigenvalue weighted by Crippen LogP contribution is -2.10. The molecule has 2 nitrogen and oxygen atoms in total. The fourth-order valence-corrected chi connectivity index (χ4v) is 4.31. The summed E-state index contributed by atoms with van der Waals surface area (Å²) in [5.41, 5.74) is 1.71. The van der Waals surface area contributed by atoms with Crippen molar-refractivity contribution in [2.75, 3.05) is 5.32 Å². The van der Waals surface area contributed by atoms with Crippen molar-refractivity contribution in [2.24, 2.45) is 0 Å². The van der Waals surface area contributed by atoms with Crippen molar-refractivity contribution in [3.63, 3.8) is 0 Å². The molecule has 2 heterocycles. The van der Waals surface area contributed by atoms with Gasteiger partial charge >= 0.3 is 0 Å². The van der Waals surface area contributed by atoms with Crippen LogP contribution in [-0.4, -0.2) is 5.91 Å². The van der Waals surface area contributed by atoms with Gasteiger partial charge in [0.05, 0.1) is 15.5 Å². The Labute approximate surface area is 114 Å². The number of para-hydroxylation sites is 1. The van der Waals surface area contributed by atoms with Gasteiger partial charge in [-0.1, -0.05) is 37.7 Å². The zero-order valence-corrected chi connectivity index (χ0v) is 11.8. The van der Waals surface area contributed by atoms with Crippen LogP contribution in [0, 0.1) is 0 Å². The van der Waals surface area contributed by atoms with Gasteiger partial charge in [-0.2, -0.15) is 0 Å². The summed E-state index contributed by atoms with van der Waals surface area (Å²) < 4.78 is 1.10. The molecule has 0 radical (unpaired) electrons. The van der Waals surface area contributed by atoms with Crippen molar-refractivity contribution in [3.05, 3.63) is 40.8 Å². The Morgan fingerprint density at radius 3 is 2.78 bits per heavy atom. The van der Waals surface area contributed by atoms with Crippen LogP contribution in [0.2, 0.25) is 0 Å². The minimum absolute atomic E-state index is 0.00519. The molecule has 1 aliphatic heterocycles. The van der Waals surface area contributed by atoms with E-state index in [1.54, 1.807) is 23.1 Å². The maximum Gasteiger partial charge on any atom is 0.257 e. The van der Waals surface area contributed by atoms with Crippen molar-refractivity contribution in [1.82, 2.24) is 0 Å². The Morgan fingerprint density at radius 1 is 1.22 bits per heavy atom. The van der Waals surface area contributed by atoms with Crippen LogP contribution in [0.25, 0.3) is 0 Å².